The fourth-order valence-electron chi connectivity index (χ4n) is 1.20. The molecule has 1 atom stereocenters. The Kier molecular flexibility index (Phi) is 3.60. The zero-order valence-corrected chi connectivity index (χ0v) is 8.38. The van der Waals surface area contributed by atoms with Gasteiger partial charge in [0.1, 0.15) is 0 Å². The lowest BCUT2D eigenvalue weighted by Crippen LogP contribution is -2.04. The summed E-state index contributed by atoms with van der Waals surface area (Å²) in [6.07, 6.45) is 3.89. The maximum atomic E-state index is 5.86. The molecule has 1 unspecified atom stereocenters. The van der Waals surface area contributed by atoms with Crippen molar-refractivity contribution in [1.82, 2.24) is 9.78 Å². The zero-order chi connectivity index (χ0) is 8.97. The average molecular weight is 187 g/mol. The minimum atomic E-state index is 0.255. The second-order valence-electron chi connectivity index (χ2n) is 2.96. The van der Waals surface area contributed by atoms with E-state index in [0.29, 0.717) is 0 Å². The van der Waals surface area contributed by atoms with Crippen LogP contribution in [0.15, 0.2) is 12.3 Å². The number of hydrogen-bond donors (Lipinski definition) is 0. The van der Waals surface area contributed by atoms with Crippen molar-refractivity contribution in [3.63, 3.8) is 0 Å². The number of hydrogen-bond acceptors (Lipinski definition) is 1. The van der Waals surface area contributed by atoms with E-state index in [4.69, 9.17) is 11.6 Å². The van der Waals surface area contributed by atoms with E-state index in [2.05, 4.69) is 18.1 Å². The molecule has 1 rings (SSSR count). The largest absolute Gasteiger partial charge is 0.270 e. The van der Waals surface area contributed by atoms with Gasteiger partial charge in [-0.1, -0.05) is 0 Å². The minimum absolute atomic E-state index is 0.255. The maximum absolute atomic E-state index is 5.86. The van der Waals surface area contributed by atoms with E-state index >= 15 is 0 Å². The Morgan fingerprint density at radius 1 is 1.67 bits per heavy atom. The number of halogens is 1. The monoisotopic (exact) mass is 186 g/mol. The quantitative estimate of drug-likeness (QED) is 0.661. The van der Waals surface area contributed by atoms with Crippen LogP contribution in [0.5, 0.6) is 0 Å². The molecule has 0 spiro atoms. The number of aromatic nitrogens is 2. The molecule has 1 aromatic heterocycles. The van der Waals surface area contributed by atoms with Gasteiger partial charge in [-0.2, -0.15) is 5.10 Å². The molecule has 0 aliphatic rings. The molecular formula is C9H15ClN2. The molecule has 0 amide bonds. The van der Waals surface area contributed by atoms with Gasteiger partial charge in [0.05, 0.1) is 0 Å². The number of nitrogens with zero attached hydrogens (tertiary/aromatic N) is 2. The van der Waals surface area contributed by atoms with Gasteiger partial charge in [-0.05, 0) is 32.8 Å². The number of rotatable bonds is 4. The molecule has 0 radical (unpaired) electrons. The van der Waals surface area contributed by atoms with Crippen LogP contribution in [0.3, 0.4) is 0 Å². The van der Waals surface area contributed by atoms with E-state index in [0.717, 1.165) is 19.4 Å². The average Bonchev–Trinajstić information content (AvgIpc) is 2.47. The van der Waals surface area contributed by atoms with Crippen LogP contribution >= 0.6 is 11.6 Å². The van der Waals surface area contributed by atoms with Crippen molar-refractivity contribution >= 4 is 11.6 Å². The van der Waals surface area contributed by atoms with Gasteiger partial charge in [0.15, 0.2) is 0 Å². The third-order valence-corrected chi connectivity index (χ3v) is 2.12. The van der Waals surface area contributed by atoms with Crippen LogP contribution in [0.4, 0.5) is 0 Å². The van der Waals surface area contributed by atoms with Gasteiger partial charge in [-0.25, -0.2) is 0 Å². The smallest absolute Gasteiger partial charge is 0.0492 e. The second-order valence-corrected chi connectivity index (χ2v) is 3.70. The third kappa shape index (κ3) is 2.52. The van der Waals surface area contributed by atoms with Gasteiger partial charge in [0.2, 0.25) is 0 Å². The highest BCUT2D eigenvalue weighted by Gasteiger charge is 2.02. The van der Waals surface area contributed by atoms with E-state index in [9.17, 15) is 0 Å². The topological polar surface area (TPSA) is 17.8 Å². The summed E-state index contributed by atoms with van der Waals surface area (Å²) in [5, 5.41) is 4.44. The molecule has 0 saturated carbocycles. The second kappa shape index (κ2) is 4.51. The number of alkyl halides is 1. The van der Waals surface area contributed by atoms with Crippen LogP contribution in [-0.2, 0) is 13.0 Å². The molecule has 1 heterocycles. The van der Waals surface area contributed by atoms with E-state index in [-0.39, 0.29) is 5.38 Å². The molecule has 0 aromatic carbocycles. The summed E-state index contributed by atoms with van der Waals surface area (Å²) >= 11 is 5.86. The molecule has 0 fully saturated rings. The molecule has 2 nitrogen and oxygen atoms in total. The molecule has 0 N–H and O–H groups in total. The normalized spacial score (nSPS) is 13.2. The first kappa shape index (κ1) is 9.59. The molecule has 0 saturated heterocycles. The van der Waals surface area contributed by atoms with Crippen LogP contribution in [0.2, 0.25) is 0 Å². The summed E-state index contributed by atoms with van der Waals surface area (Å²) < 4.78 is 2.01. The Morgan fingerprint density at radius 2 is 2.42 bits per heavy atom. The van der Waals surface area contributed by atoms with Crippen LogP contribution in [0.1, 0.15) is 26.0 Å². The zero-order valence-electron chi connectivity index (χ0n) is 7.63. The third-order valence-electron chi connectivity index (χ3n) is 1.90. The Hall–Kier alpha value is -0.500. The van der Waals surface area contributed by atoms with Gasteiger partial charge in [-0.15, -0.1) is 11.6 Å². The SMILES string of the molecule is CCn1nccc1CCC(C)Cl. The molecule has 0 aliphatic heterocycles. The number of aryl methyl sites for hydroxylation is 2. The minimum Gasteiger partial charge on any atom is -0.270 e. The summed E-state index contributed by atoms with van der Waals surface area (Å²) in [5.74, 6) is 0. The van der Waals surface area contributed by atoms with Gasteiger partial charge >= 0.3 is 0 Å². The van der Waals surface area contributed by atoms with Gasteiger partial charge in [0.25, 0.3) is 0 Å². The van der Waals surface area contributed by atoms with Crippen LogP contribution in [0, 0.1) is 0 Å². The maximum Gasteiger partial charge on any atom is 0.0492 e. The highest BCUT2D eigenvalue weighted by Crippen LogP contribution is 2.08. The Morgan fingerprint density at radius 3 is 3.00 bits per heavy atom. The lowest BCUT2D eigenvalue weighted by atomic mass is 10.2. The Labute approximate surface area is 78.5 Å². The summed E-state index contributed by atoms with van der Waals surface area (Å²) in [7, 11) is 0. The van der Waals surface area contributed by atoms with Crippen LogP contribution in [0.25, 0.3) is 0 Å². The Balaban J connectivity index is 2.50. The van der Waals surface area contributed by atoms with Crippen molar-refractivity contribution in [2.24, 2.45) is 0 Å². The van der Waals surface area contributed by atoms with Crippen LogP contribution in [-0.4, -0.2) is 15.2 Å². The highest BCUT2D eigenvalue weighted by molar-refractivity contribution is 6.20. The van der Waals surface area contributed by atoms with E-state index < -0.39 is 0 Å². The highest BCUT2D eigenvalue weighted by atomic mass is 35.5. The first-order chi connectivity index (χ1) is 5.74. The van der Waals surface area contributed by atoms with Gasteiger partial charge in [-0.3, -0.25) is 4.68 Å². The predicted molar refractivity (Wildman–Crippen MR) is 51.5 cm³/mol. The van der Waals surface area contributed by atoms with Crippen molar-refractivity contribution in [2.45, 2.75) is 38.6 Å². The van der Waals surface area contributed by atoms with Crippen molar-refractivity contribution in [2.75, 3.05) is 0 Å². The fraction of sp³-hybridized carbons (Fsp3) is 0.667. The summed E-state index contributed by atoms with van der Waals surface area (Å²) in [5.41, 5.74) is 1.28. The first-order valence-electron chi connectivity index (χ1n) is 4.38. The van der Waals surface area contributed by atoms with E-state index in [1.165, 1.54) is 5.69 Å². The molecule has 3 heteroatoms. The van der Waals surface area contributed by atoms with Crippen molar-refractivity contribution in [3.8, 4) is 0 Å². The lowest BCUT2D eigenvalue weighted by Gasteiger charge is -2.05. The van der Waals surface area contributed by atoms with Gasteiger partial charge < -0.3 is 0 Å². The summed E-state index contributed by atoms with van der Waals surface area (Å²) in [4.78, 5) is 0. The van der Waals surface area contributed by atoms with E-state index in [1.807, 2.05) is 17.8 Å². The summed E-state index contributed by atoms with van der Waals surface area (Å²) in [6, 6.07) is 2.06. The molecular weight excluding hydrogens is 172 g/mol. The standard InChI is InChI=1S/C9H15ClN2/c1-3-12-9(6-7-11-12)5-4-8(2)10/h6-8H,3-5H2,1-2H3. The Bertz CT molecular complexity index is 230. The lowest BCUT2D eigenvalue weighted by molar-refractivity contribution is 0.608. The molecule has 12 heavy (non-hydrogen) atoms. The van der Waals surface area contributed by atoms with Crippen molar-refractivity contribution in [1.29, 1.82) is 0 Å². The van der Waals surface area contributed by atoms with Crippen molar-refractivity contribution in [3.05, 3.63) is 18.0 Å². The summed E-state index contributed by atoms with van der Waals surface area (Å²) in [6.45, 7) is 5.06. The fourth-order valence-corrected chi connectivity index (χ4v) is 1.31. The van der Waals surface area contributed by atoms with Crippen molar-refractivity contribution < 1.29 is 0 Å². The van der Waals surface area contributed by atoms with Crippen LogP contribution < -0.4 is 0 Å². The van der Waals surface area contributed by atoms with Gasteiger partial charge in [0, 0.05) is 23.8 Å². The first-order valence-corrected chi connectivity index (χ1v) is 4.82. The molecule has 0 bridgehead atoms. The molecule has 1 aromatic rings. The predicted octanol–water partition coefficient (Wildman–Crippen LogP) is 2.46. The van der Waals surface area contributed by atoms with E-state index in [1.54, 1.807) is 0 Å². The molecule has 0 aliphatic carbocycles. The molecule has 68 valence electrons.